The molecular formula is C25H21ClFN3O2S. The molecule has 1 saturated heterocycles. The number of hydrogen-bond acceptors (Lipinski definition) is 5. The molecule has 5 rings (SSSR count). The Labute approximate surface area is 199 Å². The summed E-state index contributed by atoms with van der Waals surface area (Å²) >= 11 is 7.84. The zero-order valence-electron chi connectivity index (χ0n) is 17.9. The van der Waals surface area contributed by atoms with Crippen molar-refractivity contribution in [2.24, 2.45) is 0 Å². The third-order valence-corrected chi connectivity index (χ3v) is 7.40. The summed E-state index contributed by atoms with van der Waals surface area (Å²) in [7, 11) is 0. The first-order chi connectivity index (χ1) is 15.9. The number of aromatic nitrogens is 1. The van der Waals surface area contributed by atoms with E-state index < -0.39 is 5.82 Å². The Kier molecular flexibility index (Phi) is 5.46. The first-order valence-electron chi connectivity index (χ1n) is 10.6. The van der Waals surface area contributed by atoms with E-state index in [2.05, 4.69) is 11.0 Å². The fourth-order valence-corrected chi connectivity index (χ4v) is 5.61. The molecule has 5 nitrogen and oxygen atoms in total. The number of aromatic hydroxyl groups is 1. The average molecular weight is 482 g/mol. The van der Waals surface area contributed by atoms with Crippen LogP contribution < -0.4 is 4.90 Å². The molecular weight excluding hydrogens is 461 g/mol. The van der Waals surface area contributed by atoms with Gasteiger partial charge < -0.3 is 14.9 Å². The maximum Gasteiger partial charge on any atom is 0.247 e. The molecule has 1 aliphatic heterocycles. The largest absolute Gasteiger partial charge is 0.508 e. The van der Waals surface area contributed by atoms with Crippen LogP contribution in [0.5, 0.6) is 5.75 Å². The molecule has 1 N–H and O–H groups in total. The molecule has 0 bridgehead atoms. The third kappa shape index (κ3) is 3.61. The van der Waals surface area contributed by atoms with Crippen molar-refractivity contribution in [2.75, 3.05) is 18.1 Å². The van der Waals surface area contributed by atoms with Gasteiger partial charge in [0.15, 0.2) is 5.82 Å². The molecule has 8 heteroatoms. The summed E-state index contributed by atoms with van der Waals surface area (Å²) in [6.07, 6.45) is 2.09. The van der Waals surface area contributed by atoms with E-state index >= 15 is 4.39 Å². The van der Waals surface area contributed by atoms with Crippen LogP contribution in [0.3, 0.4) is 0 Å². The van der Waals surface area contributed by atoms with Gasteiger partial charge in [0.1, 0.15) is 16.3 Å². The van der Waals surface area contributed by atoms with Crippen molar-refractivity contribution in [3.63, 3.8) is 0 Å². The molecule has 1 amide bonds. The number of fused-ring (bicyclic) bond motifs is 2. The molecule has 2 heterocycles. The van der Waals surface area contributed by atoms with Gasteiger partial charge in [0, 0.05) is 23.5 Å². The number of nitrogens with zero attached hydrogens (tertiary/aromatic N) is 3. The Bertz CT molecular complexity index is 1420. The lowest BCUT2D eigenvalue weighted by Crippen LogP contribution is -2.51. The number of phenolic OH excluding ortho intramolecular Hbond substituents is 1. The van der Waals surface area contributed by atoms with Gasteiger partial charge in [-0.3, -0.25) is 4.79 Å². The molecule has 1 unspecified atom stereocenters. The third-order valence-electron chi connectivity index (χ3n) is 6.18. The Balaban J connectivity index is 1.63. The average Bonchev–Trinajstić information content (AvgIpc) is 3.22. The van der Waals surface area contributed by atoms with Crippen molar-refractivity contribution in [3.8, 4) is 16.9 Å². The van der Waals surface area contributed by atoms with Crippen LogP contribution in [0, 0.1) is 5.82 Å². The Morgan fingerprint density at radius 2 is 2.09 bits per heavy atom. The van der Waals surface area contributed by atoms with Gasteiger partial charge in [-0.2, -0.15) is 4.37 Å². The van der Waals surface area contributed by atoms with Gasteiger partial charge in [-0.25, -0.2) is 4.39 Å². The van der Waals surface area contributed by atoms with Crippen molar-refractivity contribution in [3.05, 3.63) is 66.0 Å². The highest BCUT2D eigenvalue weighted by molar-refractivity contribution is 7.11. The SMILES string of the molecule is C=CC(=O)N1CN(c2snc3c(F)c(-c4cc(O)cc5ccccc45)c(Cl)cc23)CCC1C. The standard InChI is InChI=1S/C25H21ClFN3O2S/c1-3-21(32)30-13-29(9-8-14(30)2)25-19-12-20(26)22(23(27)24(19)28-33-25)18-11-16(31)10-15-6-4-5-7-17(15)18/h3-7,10-12,14,31H,1,8-9,13H2,2H3. The van der Waals surface area contributed by atoms with Crippen LogP contribution in [0.25, 0.3) is 32.8 Å². The molecule has 33 heavy (non-hydrogen) atoms. The molecule has 0 radical (unpaired) electrons. The highest BCUT2D eigenvalue weighted by atomic mass is 35.5. The van der Waals surface area contributed by atoms with E-state index in [1.807, 2.05) is 36.1 Å². The summed E-state index contributed by atoms with van der Waals surface area (Å²) in [6, 6.07) is 12.4. The zero-order chi connectivity index (χ0) is 23.3. The number of amides is 1. The Hall–Kier alpha value is -3.16. The first-order valence-corrected chi connectivity index (χ1v) is 11.7. The van der Waals surface area contributed by atoms with Crippen LogP contribution in [0.4, 0.5) is 9.39 Å². The highest BCUT2D eigenvalue weighted by Gasteiger charge is 2.29. The molecule has 0 saturated carbocycles. The van der Waals surface area contributed by atoms with Crippen LogP contribution in [0.2, 0.25) is 5.02 Å². The van der Waals surface area contributed by atoms with Gasteiger partial charge in [0.05, 0.1) is 11.7 Å². The van der Waals surface area contributed by atoms with Crippen molar-refractivity contribution in [1.82, 2.24) is 9.27 Å². The van der Waals surface area contributed by atoms with Crippen LogP contribution >= 0.6 is 23.1 Å². The minimum atomic E-state index is -0.528. The Morgan fingerprint density at radius 1 is 1.30 bits per heavy atom. The van der Waals surface area contributed by atoms with Crippen molar-refractivity contribution >= 4 is 55.7 Å². The summed E-state index contributed by atoms with van der Waals surface area (Å²) in [4.78, 5) is 16.0. The second kappa shape index (κ2) is 8.32. The Morgan fingerprint density at radius 3 is 2.88 bits per heavy atom. The predicted octanol–water partition coefficient (Wildman–Crippen LogP) is 6.19. The lowest BCUT2D eigenvalue weighted by Gasteiger charge is -2.40. The van der Waals surface area contributed by atoms with Crippen LogP contribution in [-0.2, 0) is 4.79 Å². The fourth-order valence-electron chi connectivity index (χ4n) is 4.44. The second-order valence-electron chi connectivity index (χ2n) is 8.20. The maximum absolute atomic E-state index is 15.9. The molecule has 1 aliphatic rings. The van der Waals surface area contributed by atoms with E-state index in [1.54, 1.807) is 17.0 Å². The van der Waals surface area contributed by atoms with Gasteiger partial charge in [-0.05, 0) is 65.5 Å². The van der Waals surface area contributed by atoms with E-state index in [-0.39, 0.29) is 33.8 Å². The lowest BCUT2D eigenvalue weighted by molar-refractivity contribution is -0.128. The predicted molar refractivity (Wildman–Crippen MR) is 133 cm³/mol. The van der Waals surface area contributed by atoms with Gasteiger partial charge >= 0.3 is 0 Å². The molecule has 1 atom stereocenters. The van der Waals surface area contributed by atoms with E-state index in [9.17, 15) is 9.90 Å². The van der Waals surface area contributed by atoms with Gasteiger partial charge in [-0.1, -0.05) is 42.4 Å². The van der Waals surface area contributed by atoms with Crippen LogP contribution in [0.15, 0.2) is 55.1 Å². The molecule has 4 aromatic rings. The lowest BCUT2D eigenvalue weighted by atomic mass is 9.96. The van der Waals surface area contributed by atoms with Gasteiger partial charge in [-0.15, -0.1) is 0 Å². The first kappa shape index (κ1) is 21.7. The van der Waals surface area contributed by atoms with E-state index in [1.165, 1.54) is 23.7 Å². The summed E-state index contributed by atoms with van der Waals surface area (Å²) in [5.74, 6) is -0.629. The minimum Gasteiger partial charge on any atom is -0.508 e. The summed E-state index contributed by atoms with van der Waals surface area (Å²) < 4.78 is 20.3. The zero-order valence-corrected chi connectivity index (χ0v) is 19.5. The van der Waals surface area contributed by atoms with Crippen molar-refractivity contribution < 1.29 is 14.3 Å². The highest BCUT2D eigenvalue weighted by Crippen LogP contribution is 2.44. The van der Waals surface area contributed by atoms with Gasteiger partial charge in [0.25, 0.3) is 0 Å². The van der Waals surface area contributed by atoms with Gasteiger partial charge in [0.2, 0.25) is 5.91 Å². The number of phenols is 1. The number of carbonyl (C=O) groups excluding carboxylic acids is 1. The van der Waals surface area contributed by atoms with Crippen LogP contribution in [0.1, 0.15) is 13.3 Å². The van der Waals surface area contributed by atoms with E-state index in [4.69, 9.17) is 11.6 Å². The van der Waals surface area contributed by atoms with E-state index in [0.717, 1.165) is 28.7 Å². The monoisotopic (exact) mass is 481 g/mol. The molecule has 1 aromatic heterocycles. The molecule has 3 aromatic carbocycles. The molecule has 168 valence electrons. The normalized spacial score (nSPS) is 16.5. The molecule has 0 spiro atoms. The summed E-state index contributed by atoms with van der Waals surface area (Å²) in [5.41, 5.74) is 0.949. The number of rotatable bonds is 3. The topological polar surface area (TPSA) is 56.7 Å². The smallest absolute Gasteiger partial charge is 0.247 e. The maximum atomic E-state index is 15.9. The summed E-state index contributed by atoms with van der Waals surface area (Å²) in [5, 5.41) is 13.4. The number of hydrogen-bond donors (Lipinski definition) is 1. The number of carbonyl (C=O) groups is 1. The van der Waals surface area contributed by atoms with Crippen molar-refractivity contribution in [1.29, 1.82) is 0 Å². The minimum absolute atomic E-state index is 0.0349. The van der Waals surface area contributed by atoms with Crippen molar-refractivity contribution in [2.45, 2.75) is 19.4 Å². The quantitative estimate of drug-likeness (QED) is 0.355. The number of benzene rings is 3. The van der Waals surface area contributed by atoms with E-state index in [0.29, 0.717) is 17.6 Å². The number of anilines is 1. The molecule has 0 aliphatic carbocycles. The molecule has 1 fully saturated rings. The number of halogens is 2. The fraction of sp³-hybridized carbons (Fsp3) is 0.200. The second-order valence-corrected chi connectivity index (χ2v) is 9.36. The summed E-state index contributed by atoms with van der Waals surface area (Å²) in [6.45, 7) is 6.70. The van der Waals surface area contributed by atoms with Crippen LogP contribution in [-0.4, -0.2) is 39.5 Å².